The fourth-order valence-electron chi connectivity index (χ4n) is 1.83. The number of benzene rings is 1. The third kappa shape index (κ3) is 4.46. The van der Waals surface area contributed by atoms with Crippen molar-refractivity contribution < 1.29 is 4.79 Å². The van der Waals surface area contributed by atoms with E-state index >= 15 is 0 Å². The molecule has 2 N–H and O–H groups in total. The Balaban J connectivity index is 0.00000200. The van der Waals surface area contributed by atoms with Gasteiger partial charge in [-0.05, 0) is 12.5 Å². The lowest BCUT2D eigenvalue weighted by molar-refractivity contribution is -0.119. The smallest absolute Gasteiger partial charge is 0.248 e. The first kappa shape index (κ1) is 19.4. The van der Waals surface area contributed by atoms with Crippen molar-refractivity contribution >= 4 is 36.4 Å². The van der Waals surface area contributed by atoms with E-state index in [0.717, 1.165) is 16.8 Å². The summed E-state index contributed by atoms with van der Waals surface area (Å²) in [5.41, 5.74) is 8.70. The van der Waals surface area contributed by atoms with Crippen molar-refractivity contribution in [2.45, 2.75) is 13.0 Å². The number of hydrogen-bond donors (Lipinski definition) is 1. The fourth-order valence-corrected chi connectivity index (χ4v) is 1.83. The molecule has 0 aliphatic carbocycles. The molecule has 7 heteroatoms. The first-order valence-corrected chi connectivity index (χ1v) is 6.07. The summed E-state index contributed by atoms with van der Waals surface area (Å²) in [6, 6.07) is 7.01. The molecular weight excluding hydrogens is 311 g/mol. The number of rotatable bonds is 3. The van der Waals surface area contributed by atoms with Crippen LogP contribution in [0.4, 0.5) is 5.69 Å². The molecule has 1 heterocycles. The predicted molar refractivity (Wildman–Crippen MR) is 89.2 cm³/mol. The van der Waals surface area contributed by atoms with E-state index in [1.165, 1.54) is 4.90 Å². The zero-order valence-corrected chi connectivity index (χ0v) is 13.8. The van der Waals surface area contributed by atoms with Crippen LogP contribution in [0.15, 0.2) is 36.7 Å². The molecule has 5 nitrogen and oxygen atoms in total. The monoisotopic (exact) mass is 330 g/mol. The van der Waals surface area contributed by atoms with E-state index in [1.807, 2.05) is 38.2 Å². The highest BCUT2D eigenvalue weighted by Gasteiger charge is 2.21. The van der Waals surface area contributed by atoms with Crippen molar-refractivity contribution in [1.82, 2.24) is 9.78 Å². The normalized spacial score (nSPS) is 11.0. The molecule has 1 aromatic heterocycles. The van der Waals surface area contributed by atoms with Crippen molar-refractivity contribution in [3.8, 4) is 0 Å². The van der Waals surface area contributed by atoms with Gasteiger partial charge in [0.2, 0.25) is 5.91 Å². The highest BCUT2D eigenvalue weighted by atomic mass is 35.5. The molecule has 21 heavy (non-hydrogen) atoms. The lowest BCUT2D eigenvalue weighted by atomic mass is 10.0. The number of likely N-dealkylation sites (N-methyl/N-ethyl adjacent to an activating group) is 1. The molecule has 0 aliphatic rings. The Morgan fingerprint density at radius 1 is 1.29 bits per heavy atom. The van der Waals surface area contributed by atoms with E-state index in [2.05, 4.69) is 5.10 Å². The van der Waals surface area contributed by atoms with Crippen LogP contribution in [0.3, 0.4) is 0 Å². The van der Waals surface area contributed by atoms with Crippen LogP contribution in [-0.2, 0) is 11.8 Å². The Hall–Kier alpha value is -1.56. The molecule has 2 aromatic rings. The molecule has 0 saturated carbocycles. The average Bonchev–Trinajstić information content (AvgIpc) is 2.84. The summed E-state index contributed by atoms with van der Waals surface area (Å²) in [6.07, 6.45) is 3.42. The molecule has 0 radical (unpaired) electrons. The van der Waals surface area contributed by atoms with Crippen LogP contribution in [0, 0.1) is 6.92 Å². The van der Waals surface area contributed by atoms with Crippen molar-refractivity contribution in [2.24, 2.45) is 12.8 Å². The van der Waals surface area contributed by atoms with Crippen LogP contribution in [0.25, 0.3) is 0 Å². The molecule has 0 aliphatic heterocycles. The highest BCUT2D eigenvalue weighted by molar-refractivity contribution is 5.96. The molecule has 1 atom stereocenters. The second-order valence-corrected chi connectivity index (χ2v) is 4.66. The lowest BCUT2D eigenvalue weighted by Crippen LogP contribution is -2.35. The van der Waals surface area contributed by atoms with Crippen LogP contribution >= 0.6 is 24.8 Å². The molecule has 116 valence electrons. The number of hydrogen-bond acceptors (Lipinski definition) is 3. The van der Waals surface area contributed by atoms with Crippen LogP contribution in [0.1, 0.15) is 17.2 Å². The molecule has 1 unspecified atom stereocenters. The number of nitrogens with zero attached hydrogens (tertiary/aromatic N) is 3. The van der Waals surface area contributed by atoms with E-state index in [0.29, 0.717) is 0 Å². The lowest BCUT2D eigenvalue weighted by Gasteiger charge is -2.20. The second kappa shape index (κ2) is 8.02. The van der Waals surface area contributed by atoms with E-state index in [4.69, 9.17) is 5.73 Å². The summed E-state index contributed by atoms with van der Waals surface area (Å²) < 4.78 is 1.65. The summed E-state index contributed by atoms with van der Waals surface area (Å²) in [6.45, 7) is 2.00. The maximum Gasteiger partial charge on any atom is 0.248 e. The van der Waals surface area contributed by atoms with Crippen molar-refractivity contribution in [1.29, 1.82) is 0 Å². The Morgan fingerprint density at radius 3 is 2.33 bits per heavy atom. The van der Waals surface area contributed by atoms with Gasteiger partial charge in [0.25, 0.3) is 0 Å². The van der Waals surface area contributed by atoms with Crippen molar-refractivity contribution in [3.05, 3.63) is 47.8 Å². The van der Waals surface area contributed by atoms with Gasteiger partial charge in [-0.1, -0.05) is 29.8 Å². The number of amides is 1. The molecule has 0 saturated heterocycles. The Kier molecular flexibility index (Phi) is 7.43. The minimum Gasteiger partial charge on any atom is -0.316 e. The number of carbonyl (C=O) groups is 1. The molecule has 0 fully saturated rings. The molecular formula is C14H20Cl2N4O. The van der Waals surface area contributed by atoms with Crippen LogP contribution < -0.4 is 10.6 Å². The maximum atomic E-state index is 12.3. The third-order valence-electron chi connectivity index (χ3n) is 3.11. The van der Waals surface area contributed by atoms with Gasteiger partial charge in [-0.2, -0.15) is 5.10 Å². The van der Waals surface area contributed by atoms with Crippen LogP contribution in [-0.4, -0.2) is 22.7 Å². The van der Waals surface area contributed by atoms with Gasteiger partial charge in [-0.3, -0.25) is 9.48 Å². The SMILES string of the molecule is Cc1ccc(C(N)C(=O)N(C)c2cnn(C)c2)cc1.Cl.Cl. The summed E-state index contributed by atoms with van der Waals surface area (Å²) in [5, 5.41) is 4.05. The largest absolute Gasteiger partial charge is 0.316 e. The first-order valence-electron chi connectivity index (χ1n) is 6.07. The topological polar surface area (TPSA) is 64.2 Å². The maximum absolute atomic E-state index is 12.3. The second-order valence-electron chi connectivity index (χ2n) is 4.66. The Bertz CT molecular complexity index is 583. The molecule has 1 aromatic carbocycles. The molecule has 0 bridgehead atoms. The van der Waals surface area contributed by atoms with Crippen molar-refractivity contribution in [2.75, 3.05) is 11.9 Å². The van der Waals surface area contributed by atoms with Gasteiger partial charge >= 0.3 is 0 Å². The minimum atomic E-state index is -0.661. The first-order chi connectivity index (χ1) is 8.99. The van der Waals surface area contributed by atoms with E-state index < -0.39 is 6.04 Å². The van der Waals surface area contributed by atoms with E-state index in [9.17, 15) is 4.79 Å². The molecule has 0 spiro atoms. The summed E-state index contributed by atoms with van der Waals surface area (Å²) >= 11 is 0. The van der Waals surface area contributed by atoms with Crippen LogP contribution in [0.2, 0.25) is 0 Å². The fraction of sp³-hybridized carbons (Fsp3) is 0.286. The van der Waals surface area contributed by atoms with Gasteiger partial charge in [0.05, 0.1) is 11.9 Å². The Morgan fingerprint density at radius 2 is 1.86 bits per heavy atom. The number of halogens is 2. The van der Waals surface area contributed by atoms with Gasteiger partial charge in [0.15, 0.2) is 0 Å². The Labute approximate surface area is 136 Å². The van der Waals surface area contributed by atoms with E-state index in [-0.39, 0.29) is 30.7 Å². The predicted octanol–water partition coefficient (Wildman–Crippen LogP) is 2.23. The van der Waals surface area contributed by atoms with Crippen molar-refractivity contribution in [3.63, 3.8) is 0 Å². The summed E-state index contributed by atoms with van der Waals surface area (Å²) in [5.74, 6) is -0.156. The van der Waals surface area contributed by atoms with Gasteiger partial charge in [-0.15, -0.1) is 24.8 Å². The molecule has 1 amide bonds. The average molecular weight is 331 g/mol. The van der Waals surface area contributed by atoms with Gasteiger partial charge < -0.3 is 10.6 Å². The summed E-state index contributed by atoms with van der Waals surface area (Å²) in [7, 11) is 3.51. The number of aryl methyl sites for hydroxylation is 2. The number of nitrogens with two attached hydrogens (primary N) is 1. The van der Waals surface area contributed by atoms with E-state index in [1.54, 1.807) is 24.1 Å². The number of aromatic nitrogens is 2. The number of anilines is 1. The molecule has 2 rings (SSSR count). The quantitative estimate of drug-likeness (QED) is 0.938. The highest BCUT2D eigenvalue weighted by Crippen LogP contribution is 2.18. The van der Waals surface area contributed by atoms with Crippen LogP contribution in [0.5, 0.6) is 0 Å². The minimum absolute atomic E-state index is 0. The van der Waals surface area contributed by atoms with Gasteiger partial charge in [0, 0.05) is 20.3 Å². The van der Waals surface area contributed by atoms with Gasteiger partial charge in [-0.25, -0.2) is 0 Å². The van der Waals surface area contributed by atoms with Gasteiger partial charge in [0.1, 0.15) is 6.04 Å². The third-order valence-corrected chi connectivity index (χ3v) is 3.11. The zero-order chi connectivity index (χ0) is 14.0. The standard InChI is InChI=1S/C14H18N4O.2ClH/c1-10-4-6-11(7-5-10)13(15)14(19)18(3)12-8-16-17(2)9-12;;/h4-9,13H,15H2,1-3H3;2*1H. The number of carbonyl (C=O) groups excluding carboxylic acids is 1. The summed E-state index contributed by atoms with van der Waals surface area (Å²) in [4.78, 5) is 13.8. The zero-order valence-electron chi connectivity index (χ0n) is 12.2.